The Hall–Kier alpha value is -2.79. The van der Waals surface area contributed by atoms with Gasteiger partial charge in [0.1, 0.15) is 5.82 Å². The van der Waals surface area contributed by atoms with Gasteiger partial charge in [-0.25, -0.2) is 9.97 Å². The van der Waals surface area contributed by atoms with Crippen molar-refractivity contribution in [1.29, 1.82) is 0 Å². The fourth-order valence-corrected chi connectivity index (χ4v) is 2.49. The van der Waals surface area contributed by atoms with Crippen molar-refractivity contribution in [2.45, 2.75) is 13.0 Å². The van der Waals surface area contributed by atoms with Crippen LogP contribution in [0.2, 0.25) is 0 Å². The van der Waals surface area contributed by atoms with Crippen LogP contribution in [-0.2, 0) is 4.74 Å². The van der Waals surface area contributed by atoms with Crippen molar-refractivity contribution in [3.05, 3.63) is 72.2 Å². The average Bonchev–Trinajstić information content (AvgIpc) is 2.62. The van der Waals surface area contributed by atoms with Gasteiger partial charge in [0.2, 0.25) is 0 Å². The number of methoxy groups -OCH3 is 1. The Morgan fingerprint density at radius 2 is 1.83 bits per heavy atom. The van der Waals surface area contributed by atoms with Gasteiger partial charge in [-0.3, -0.25) is 4.98 Å². The molecule has 3 rings (SSSR count). The number of aromatic nitrogens is 3. The summed E-state index contributed by atoms with van der Waals surface area (Å²) < 4.78 is 5.33. The van der Waals surface area contributed by atoms with Crippen LogP contribution in [0.25, 0.3) is 11.4 Å². The molecule has 0 spiro atoms. The Balaban J connectivity index is 1.89. The first-order valence-corrected chi connectivity index (χ1v) is 7.84. The summed E-state index contributed by atoms with van der Waals surface area (Å²) in [7, 11) is 1.68. The predicted octanol–water partition coefficient (Wildman–Crippen LogP) is 3.65. The maximum atomic E-state index is 5.33. The van der Waals surface area contributed by atoms with Crippen LogP contribution >= 0.6 is 0 Å². The van der Waals surface area contributed by atoms with Crippen LogP contribution in [0, 0.1) is 6.92 Å². The predicted molar refractivity (Wildman–Crippen MR) is 94.7 cm³/mol. The van der Waals surface area contributed by atoms with E-state index in [1.54, 1.807) is 13.3 Å². The van der Waals surface area contributed by atoms with Gasteiger partial charge in [-0.1, -0.05) is 36.4 Å². The summed E-state index contributed by atoms with van der Waals surface area (Å²) in [4.78, 5) is 13.6. The van der Waals surface area contributed by atoms with Crippen LogP contribution in [0.4, 0.5) is 5.82 Å². The molecule has 2 aromatic heterocycles. The molecule has 3 aromatic rings. The van der Waals surface area contributed by atoms with E-state index in [1.807, 2.05) is 61.5 Å². The molecule has 2 heterocycles. The van der Waals surface area contributed by atoms with Crippen molar-refractivity contribution in [3.63, 3.8) is 0 Å². The number of nitrogens with zero attached hydrogens (tertiary/aromatic N) is 3. The summed E-state index contributed by atoms with van der Waals surface area (Å²) in [6.07, 6.45) is 1.78. The van der Waals surface area contributed by atoms with E-state index in [0.29, 0.717) is 12.4 Å². The molecular formula is C19H20N4O. The van der Waals surface area contributed by atoms with Gasteiger partial charge in [-0.2, -0.15) is 0 Å². The smallest absolute Gasteiger partial charge is 0.161 e. The molecule has 0 aliphatic heterocycles. The van der Waals surface area contributed by atoms with E-state index < -0.39 is 0 Å². The third-order valence-electron chi connectivity index (χ3n) is 3.59. The third-order valence-corrected chi connectivity index (χ3v) is 3.59. The fraction of sp³-hybridized carbons (Fsp3) is 0.211. The lowest BCUT2D eigenvalue weighted by Gasteiger charge is -2.18. The average molecular weight is 320 g/mol. The second kappa shape index (κ2) is 7.66. The molecule has 0 saturated carbocycles. The summed E-state index contributed by atoms with van der Waals surface area (Å²) in [5, 5.41) is 3.41. The molecule has 0 unspecified atom stereocenters. The summed E-state index contributed by atoms with van der Waals surface area (Å²) in [6.45, 7) is 2.46. The molecule has 1 atom stereocenters. The highest BCUT2D eigenvalue weighted by atomic mass is 16.5. The van der Waals surface area contributed by atoms with Crippen molar-refractivity contribution in [2.75, 3.05) is 19.0 Å². The topological polar surface area (TPSA) is 59.9 Å². The van der Waals surface area contributed by atoms with E-state index in [1.165, 1.54) is 0 Å². The normalized spacial score (nSPS) is 11.9. The van der Waals surface area contributed by atoms with Crippen LogP contribution in [0.15, 0.2) is 60.8 Å². The van der Waals surface area contributed by atoms with Gasteiger partial charge in [0.15, 0.2) is 5.82 Å². The Labute approximate surface area is 141 Å². The number of hydrogen-bond donors (Lipinski definition) is 1. The van der Waals surface area contributed by atoms with Gasteiger partial charge in [0, 0.05) is 30.6 Å². The lowest BCUT2D eigenvalue weighted by atomic mass is 10.2. The van der Waals surface area contributed by atoms with Crippen molar-refractivity contribution in [2.24, 2.45) is 0 Å². The maximum Gasteiger partial charge on any atom is 0.161 e. The van der Waals surface area contributed by atoms with Gasteiger partial charge < -0.3 is 10.1 Å². The van der Waals surface area contributed by atoms with E-state index in [-0.39, 0.29) is 6.04 Å². The first-order chi connectivity index (χ1) is 11.8. The Morgan fingerprint density at radius 3 is 2.54 bits per heavy atom. The molecular weight excluding hydrogens is 300 g/mol. The van der Waals surface area contributed by atoms with Gasteiger partial charge in [0.25, 0.3) is 0 Å². The van der Waals surface area contributed by atoms with E-state index >= 15 is 0 Å². The molecule has 0 radical (unpaired) electrons. The summed E-state index contributed by atoms with van der Waals surface area (Å²) in [6, 6.07) is 17.6. The van der Waals surface area contributed by atoms with Gasteiger partial charge in [-0.15, -0.1) is 0 Å². The molecule has 1 N–H and O–H groups in total. The van der Waals surface area contributed by atoms with Crippen molar-refractivity contribution in [3.8, 4) is 11.4 Å². The highest BCUT2D eigenvalue weighted by molar-refractivity contribution is 5.57. The Bertz CT molecular complexity index is 778. The molecule has 5 nitrogen and oxygen atoms in total. The Kier molecular flexibility index (Phi) is 5.13. The number of benzene rings is 1. The van der Waals surface area contributed by atoms with E-state index in [4.69, 9.17) is 4.74 Å². The number of rotatable bonds is 6. The summed E-state index contributed by atoms with van der Waals surface area (Å²) >= 11 is 0. The van der Waals surface area contributed by atoms with Gasteiger partial charge in [0.05, 0.1) is 18.3 Å². The van der Waals surface area contributed by atoms with Crippen LogP contribution in [0.3, 0.4) is 0 Å². The van der Waals surface area contributed by atoms with Crippen LogP contribution in [0.1, 0.15) is 17.4 Å². The van der Waals surface area contributed by atoms with Gasteiger partial charge in [-0.05, 0) is 19.1 Å². The third kappa shape index (κ3) is 3.94. The quantitative estimate of drug-likeness (QED) is 0.751. The fourth-order valence-electron chi connectivity index (χ4n) is 2.49. The highest BCUT2D eigenvalue weighted by Crippen LogP contribution is 2.21. The Morgan fingerprint density at radius 1 is 1.04 bits per heavy atom. The van der Waals surface area contributed by atoms with Gasteiger partial charge >= 0.3 is 0 Å². The summed E-state index contributed by atoms with van der Waals surface area (Å²) in [5.41, 5.74) is 2.81. The van der Waals surface area contributed by atoms with E-state index in [9.17, 15) is 0 Å². The maximum absolute atomic E-state index is 5.33. The zero-order valence-corrected chi connectivity index (χ0v) is 13.8. The minimum absolute atomic E-state index is 0.0749. The molecule has 0 bridgehead atoms. The van der Waals surface area contributed by atoms with Crippen LogP contribution in [-0.4, -0.2) is 28.7 Å². The molecule has 0 saturated heterocycles. The molecule has 24 heavy (non-hydrogen) atoms. The molecule has 0 amide bonds. The minimum atomic E-state index is -0.0749. The van der Waals surface area contributed by atoms with Crippen LogP contribution in [0.5, 0.6) is 0 Å². The van der Waals surface area contributed by atoms with E-state index in [2.05, 4.69) is 20.3 Å². The second-order valence-electron chi connectivity index (χ2n) is 5.49. The first-order valence-electron chi connectivity index (χ1n) is 7.84. The largest absolute Gasteiger partial charge is 0.382 e. The monoisotopic (exact) mass is 320 g/mol. The minimum Gasteiger partial charge on any atom is -0.382 e. The molecule has 0 fully saturated rings. The van der Waals surface area contributed by atoms with Crippen LogP contribution < -0.4 is 5.32 Å². The molecule has 122 valence electrons. The number of anilines is 1. The van der Waals surface area contributed by atoms with Crippen molar-refractivity contribution in [1.82, 2.24) is 15.0 Å². The first kappa shape index (κ1) is 16.1. The number of aryl methyl sites for hydroxylation is 1. The highest BCUT2D eigenvalue weighted by Gasteiger charge is 2.14. The molecule has 0 aliphatic carbocycles. The summed E-state index contributed by atoms with van der Waals surface area (Å²) in [5.74, 6) is 1.46. The SMILES string of the molecule is COC[C@H](Nc1cc(C)nc(-c2ccccc2)n1)c1ccccn1. The lowest BCUT2D eigenvalue weighted by molar-refractivity contribution is 0.185. The standard InChI is InChI=1S/C19H20N4O/c1-14-12-18(23-19(21-14)15-8-4-3-5-9-15)22-17(13-24-2)16-10-6-7-11-20-16/h3-12,17H,13H2,1-2H3,(H,21,22,23)/t17-/m0/s1. The van der Waals surface area contributed by atoms with Crippen molar-refractivity contribution >= 4 is 5.82 Å². The van der Waals surface area contributed by atoms with E-state index in [0.717, 1.165) is 22.8 Å². The molecule has 5 heteroatoms. The number of hydrogen-bond acceptors (Lipinski definition) is 5. The van der Waals surface area contributed by atoms with Crippen molar-refractivity contribution < 1.29 is 4.74 Å². The zero-order valence-electron chi connectivity index (χ0n) is 13.8. The second-order valence-corrected chi connectivity index (χ2v) is 5.49. The molecule has 0 aliphatic rings. The zero-order chi connectivity index (χ0) is 16.8. The number of ether oxygens (including phenoxy) is 1. The lowest BCUT2D eigenvalue weighted by Crippen LogP contribution is -2.18. The molecule has 1 aromatic carbocycles. The number of nitrogens with one attached hydrogen (secondary N) is 1. The number of pyridine rings is 1.